The van der Waals surface area contributed by atoms with E-state index in [1.165, 1.54) is 0 Å². The summed E-state index contributed by atoms with van der Waals surface area (Å²) in [5, 5.41) is 11.1. The number of rotatable bonds is 16. The molecule has 0 aliphatic carbocycles. The average molecular weight is 360 g/mol. The maximum atomic E-state index is 11.1. The topological polar surface area (TPSA) is 60.2 Å². The van der Waals surface area contributed by atoms with Crippen molar-refractivity contribution in [3.8, 4) is 0 Å². The Bertz CT molecular complexity index is 513. The summed E-state index contributed by atoms with van der Waals surface area (Å²) in [6.07, 6.45) is 27.4. The first-order valence-electron chi connectivity index (χ1n) is 9.59. The fraction of sp³-hybridized carbons (Fsp3) is 0.500. The first kappa shape index (κ1) is 23.8. The van der Waals surface area contributed by atoms with Crippen LogP contribution in [0.1, 0.15) is 71.1 Å². The van der Waals surface area contributed by atoms with Crippen molar-refractivity contribution in [3.05, 3.63) is 70.5 Å². The van der Waals surface area contributed by atoms with Gasteiger partial charge in [0.2, 0.25) is 5.70 Å². The van der Waals surface area contributed by atoms with Crippen LogP contribution < -0.4 is 0 Å². The van der Waals surface area contributed by atoms with Gasteiger partial charge in [-0.15, -0.1) is 0 Å². The van der Waals surface area contributed by atoms with Gasteiger partial charge in [0.15, 0.2) is 0 Å². The number of nitro groups is 1. The molecule has 4 heteroatoms. The normalized spacial score (nSPS) is 12.9. The Morgan fingerprint density at radius 2 is 1.42 bits per heavy atom. The summed E-state index contributed by atoms with van der Waals surface area (Å²) in [7, 11) is 0. The van der Waals surface area contributed by atoms with E-state index in [1.807, 2.05) is 24.3 Å². The van der Waals surface area contributed by atoms with Crippen molar-refractivity contribution >= 4 is 6.29 Å². The molecule has 0 radical (unpaired) electrons. The second kappa shape index (κ2) is 19.1. The second-order valence-electron chi connectivity index (χ2n) is 5.96. The number of nitrogens with zero attached hydrogens (tertiary/aromatic N) is 1. The summed E-state index contributed by atoms with van der Waals surface area (Å²) in [6, 6.07) is 0. The molecule has 0 unspecified atom stereocenters. The van der Waals surface area contributed by atoms with Crippen LogP contribution in [0, 0.1) is 10.1 Å². The van der Waals surface area contributed by atoms with Crippen LogP contribution in [-0.4, -0.2) is 11.2 Å². The van der Waals surface area contributed by atoms with Crippen LogP contribution in [0.4, 0.5) is 0 Å². The molecule has 0 amide bonds. The number of carbonyl (C=O) groups excluding carboxylic acids is 1. The molecule has 144 valence electrons. The van der Waals surface area contributed by atoms with Crippen molar-refractivity contribution in [3.63, 3.8) is 0 Å². The van der Waals surface area contributed by atoms with Gasteiger partial charge in [0, 0.05) is 6.42 Å². The highest BCUT2D eigenvalue weighted by molar-refractivity contribution is 5.48. The molecule has 0 fully saturated rings. The van der Waals surface area contributed by atoms with Gasteiger partial charge in [0.25, 0.3) is 0 Å². The minimum Gasteiger partial charge on any atom is -0.303 e. The number of unbranched alkanes of at least 4 members (excludes halogenated alkanes) is 4. The van der Waals surface area contributed by atoms with E-state index < -0.39 is 0 Å². The molecular formula is C22H33NO3. The summed E-state index contributed by atoms with van der Waals surface area (Å²) in [5.74, 6) is 0. The van der Waals surface area contributed by atoms with Gasteiger partial charge in [-0.3, -0.25) is 10.1 Å². The van der Waals surface area contributed by atoms with Crippen molar-refractivity contribution in [1.82, 2.24) is 0 Å². The molecule has 0 aliphatic rings. The zero-order chi connectivity index (χ0) is 19.3. The van der Waals surface area contributed by atoms with Crippen LogP contribution in [0.2, 0.25) is 0 Å². The zero-order valence-corrected chi connectivity index (χ0v) is 16.0. The molecule has 4 nitrogen and oxygen atoms in total. The lowest BCUT2D eigenvalue weighted by Gasteiger charge is -1.94. The minimum absolute atomic E-state index is 0.245. The van der Waals surface area contributed by atoms with Gasteiger partial charge in [-0.05, 0) is 51.0 Å². The molecule has 0 aromatic carbocycles. The van der Waals surface area contributed by atoms with Crippen LogP contribution in [0.15, 0.2) is 60.4 Å². The minimum atomic E-state index is -0.301. The van der Waals surface area contributed by atoms with Gasteiger partial charge in [-0.25, -0.2) is 0 Å². The third-order valence-electron chi connectivity index (χ3n) is 3.69. The summed E-state index contributed by atoms with van der Waals surface area (Å²) >= 11 is 0. The number of carbonyl (C=O) groups is 1. The number of allylic oxidation sites excluding steroid dienone is 9. The van der Waals surface area contributed by atoms with E-state index in [-0.39, 0.29) is 10.6 Å². The molecule has 0 aliphatic heterocycles. The van der Waals surface area contributed by atoms with Crippen LogP contribution in [0.3, 0.4) is 0 Å². The molecule has 0 atom stereocenters. The molecule has 0 heterocycles. The number of hydrogen-bond donors (Lipinski definition) is 0. The van der Waals surface area contributed by atoms with Crippen molar-refractivity contribution in [2.75, 3.05) is 0 Å². The molecule has 0 aromatic heterocycles. The number of aldehydes is 1. The van der Waals surface area contributed by atoms with Crippen molar-refractivity contribution in [2.24, 2.45) is 0 Å². The van der Waals surface area contributed by atoms with E-state index >= 15 is 0 Å². The summed E-state index contributed by atoms with van der Waals surface area (Å²) in [5.41, 5.74) is 0.245. The third kappa shape index (κ3) is 16.6. The lowest BCUT2D eigenvalue weighted by molar-refractivity contribution is -0.427. The van der Waals surface area contributed by atoms with Gasteiger partial charge in [-0.2, -0.15) is 0 Å². The van der Waals surface area contributed by atoms with Gasteiger partial charge in [0.05, 0.1) is 11.3 Å². The Hall–Kier alpha value is -2.23. The lowest BCUT2D eigenvalue weighted by Crippen LogP contribution is -1.97. The van der Waals surface area contributed by atoms with Crippen molar-refractivity contribution < 1.29 is 9.72 Å². The zero-order valence-electron chi connectivity index (χ0n) is 16.0. The lowest BCUT2D eigenvalue weighted by atomic mass is 10.1. The SMILES string of the molecule is CC/C=C\C/C=C\C/C=C(\C/C=C\C/C=C\CCCCCC=O)[N+](=O)[O-]. The second-order valence-corrected chi connectivity index (χ2v) is 5.96. The molecule has 0 N–H and O–H groups in total. The van der Waals surface area contributed by atoms with Gasteiger partial charge >= 0.3 is 0 Å². The van der Waals surface area contributed by atoms with E-state index in [0.29, 0.717) is 19.3 Å². The van der Waals surface area contributed by atoms with Gasteiger partial charge < -0.3 is 4.79 Å². The van der Waals surface area contributed by atoms with Crippen molar-refractivity contribution in [2.45, 2.75) is 71.1 Å². The monoisotopic (exact) mass is 359 g/mol. The fourth-order valence-corrected chi connectivity index (χ4v) is 2.23. The maximum absolute atomic E-state index is 11.1. The van der Waals surface area contributed by atoms with E-state index in [2.05, 4.69) is 31.2 Å². The predicted octanol–water partition coefficient (Wildman–Crippen LogP) is 6.49. The van der Waals surface area contributed by atoms with E-state index in [0.717, 1.165) is 51.2 Å². The highest BCUT2D eigenvalue weighted by Gasteiger charge is 2.06. The molecule has 0 saturated heterocycles. The fourth-order valence-electron chi connectivity index (χ4n) is 2.23. The van der Waals surface area contributed by atoms with Gasteiger partial charge in [-0.1, -0.05) is 62.0 Å². The Morgan fingerprint density at radius 1 is 0.808 bits per heavy atom. The first-order valence-corrected chi connectivity index (χ1v) is 9.59. The smallest absolute Gasteiger partial charge is 0.246 e. The third-order valence-corrected chi connectivity index (χ3v) is 3.69. The van der Waals surface area contributed by atoms with E-state index in [4.69, 9.17) is 0 Å². The summed E-state index contributed by atoms with van der Waals surface area (Å²) < 4.78 is 0. The Kier molecular flexibility index (Phi) is 17.5. The van der Waals surface area contributed by atoms with Crippen molar-refractivity contribution in [1.29, 1.82) is 0 Å². The quantitative estimate of drug-likeness (QED) is 0.104. The van der Waals surface area contributed by atoms with Gasteiger partial charge in [0.1, 0.15) is 6.29 Å². The highest BCUT2D eigenvalue weighted by Crippen LogP contribution is 2.07. The Labute approximate surface area is 158 Å². The molecular weight excluding hydrogens is 326 g/mol. The molecule has 0 aromatic rings. The summed E-state index contributed by atoms with van der Waals surface area (Å²) in [4.78, 5) is 20.9. The van der Waals surface area contributed by atoms with Crippen LogP contribution in [0.25, 0.3) is 0 Å². The number of hydrogen-bond acceptors (Lipinski definition) is 3. The van der Waals surface area contributed by atoms with Crippen LogP contribution >= 0.6 is 0 Å². The Morgan fingerprint density at radius 3 is 2.12 bits per heavy atom. The molecule has 0 rings (SSSR count). The largest absolute Gasteiger partial charge is 0.303 e. The maximum Gasteiger partial charge on any atom is 0.246 e. The average Bonchev–Trinajstić information content (AvgIpc) is 2.63. The predicted molar refractivity (Wildman–Crippen MR) is 110 cm³/mol. The Balaban J connectivity index is 3.99. The van der Waals surface area contributed by atoms with Crippen LogP contribution in [0.5, 0.6) is 0 Å². The van der Waals surface area contributed by atoms with Crippen LogP contribution in [-0.2, 0) is 4.79 Å². The molecule has 26 heavy (non-hydrogen) atoms. The first-order chi connectivity index (χ1) is 12.7. The molecule has 0 spiro atoms. The molecule has 0 bridgehead atoms. The van der Waals surface area contributed by atoms with E-state index in [1.54, 1.807) is 6.08 Å². The molecule has 0 saturated carbocycles. The van der Waals surface area contributed by atoms with E-state index in [9.17, 15) is 14.9 Å². The summed E-state index contributed by atoms with van der Waals surface area (Å²) in [6.45, 7) is 2.09. The highest BCUT2D eigenvalue weighted by atomic mass is 16.6. The standard InChI is InChI=1S/C22H33NO3/c1-2-3-4-5-10-13-16-19-22(23(25)26)20-17-14-11-8-6-7-9-12-15-18-21-24/h3-4,6,8,10,13-14,17,19,21H,2,5,7,9,11-12,15-16,18,20H2,1H3/b4-3-,8-6-,13-10-,17-14-,22-19+.